The van der Waals surface area contributed by atoms with Crippen LogP contribution in [-0.4, -0.2) is 42.6 Å². The lowest BCUT2D eigenvalue weighted by Gasteiger charge is -2.58. The van der Waals surface area contributed by atoms with Gasteiger partial charge in [0.15, 0.2) is 0 Å². The molecule has 0 aromatic heterocycles. The molecule has 0 aromatic rings. The third-order valence-corrected chi connectivity index (χ3v) is 13.6. The summed E-state index contributed by atoms with van der Waals surface area (Å²) in [6.45, 7) is 13.4. The average molecular weight is 593 g/mol. The van der Waals surface area contributed by atoms with E-state index < -0.39 is 0 Å². The summed E-state index contributed by atoms with van der Waals surface area (Å²) in [5.74, 6) is 5.47. The fraction of sp³-hybridized carbons (Fsp3) is 0.879. The monoisotopic (exact) mass is 592 g/mol. The summed E-state index contributed by atoms with van der Waals surface area (Å²) in [5.41, 5.74) is 7.77. The van der Waals surface area contributed by atoms with Crippen LogP contribution in [0.25, 0.3) is 0 Å². The fourth-order valence-corrected chi connectivity index (χ4v) is 11.1. The van der Waals surface area contributed by atoms with Crippen LogP contribution in [-0.2, 0) is 14.3 Å². The van der Waals surface area contributed by atoms with Gasteiger partial charge in [0.25, 0.3) is 0 Å². The molecule has 0 aromatic carbocycles. The first-order valence-corrected chi connectivity index (χ1v) is 18.7. The van der Waals surface area contributed by atoms with Gasteiger partial charge in [-0.2, -0.15) is 0 Å². The number of nitrogens with two attached hydrogens (primary N) is 1. The summed E-state index contributed by atoms with van der Waals surface area (Å²) in [4.78, 5) is 24.2. The first-order valence-electron chi connectivity index (χ1n) is 16.2. The SMILES string of the molecule is CC(C)CCC[C@@H](C)[C@H]1CC[C@H]2[C@@H]3CC=C4C[C@@H](OC(=O)CSSCC(=O)NCCN)CC[C@]4(C)[C@H]3CC[C@]12C. The van der Waals surface area contributed by atoms with E-state index >= 15 is 0 Å². The molecule has 0 unspecified atom stereocenters. The van der Waals surface area contributed by atoms with Gasteiger partial charge in [-0.15, -0.1) is 0 Å². The summed E-state index contributed by atoms with van der Waals surface area (Å²) < 4.78 is 5.93. The lowest BCUT2D eigenvalue weighted by Crippen LogP contribution is -2.51. The highest BCUT2D eigenvalue weighted by Gasteiger charge is 2.59. The maximum Gasteiger partial charge on any atom is 0.317 e. The maximum absolute atomic E-state index is 12.5. The third kappa shape index (κ3) is 7.27. The highest BCUT2D eigenvalue weighted by Crippen LogP contribution is 2.67. The van der Waals surface area contributed by atoms with Crippen molar-refractivity contribution in [1.29, 1.82) is 0 Å². The van der Waals surface area contributed by atoms with Crippen LogP contribution in [0, 0.1) is 46.3 Å². The van der Waals surface area contributed by atoms with Gasteiger partial charge in [-0.3, -0.25) is 9.59 Å². The molecule has 3 N–H and O–H groups in total. The van der Waals surface area contributed by atoms with Crippen LogP contribution in [0.2, 0.25) is 0 Å². The Labute approximate surface area is 252 Å². The number of nitrogens with one attached hydrogen (secondary N) is 1. The molecule has 0 spiro atoms. The summed E-state index contributed by atoms with van der Waals surface area (Å²) in [6, 6.07) is 0. The van der Waals surface area contributed by atoms with Gasteiger partial charge in [0, 0.05) is 19.5 Å². The Kier molecular flexibility index (Phi) is 11.5. The van der Waals surface area contributed by atoms with Crippen molar-refractivity contribution < 1.29 is 14.3 Å². The van der Waals surface area contributed by atoms with Gasteiger partial charge >= 0.3 is 5.97 Å². The minimum absolute atomic E-state index is 0.00164. The number of amides is 1. The predicted octanol–water partition coefficient (Wildman–Crippen LogP) is 7.40. The Morgan fingerprint density at radius 1 is 1.05 bits per heavy atom. The third-order valence-electron chi connectivity index (χ3n) is 11.5. The molecular formula is C33H56N2O3S2. The van der Waals surface area contributed by atoms with E-state index in [0.717, 1.165) is 54.8 Å². The highest BCUT2D eigenvalue weighted by atomic mass is 33.1. The van der Waals surface area contributed by atoms with Crippen molar-refractivity contribution in [1.82, 2.24) is 5.32 Å². The second kappa shape index (κ2) is 14.2. The molecule has 3 saturated carbocycles. The molecule has 1 amide bonds. The van der Waals surface area contributed by atoms with Gasteiger partial charge in [-0.05, 0) is 91.3 Å². The molecule has 228 valence electrons. The predicted molar refractivity (Wildman–Crippen MR) is 170 cm³/mol. The normalized spacial score (nSPS) is 35.8. The molecule has 40 heavy (non-hydrogen) atoms. The first-order chi connectivity index (χ1) is 19.1. The molecule has 4 aliphatic carbocycles. The highest BCUT2D eigenvalue weighted by molar-refractivity contribution is 8.77. The number of ether oxygens (including phenoxy) is 1. The molecule has 5 nitrogen and oxygen atoms in total. The standard InChI is InChI=1S/C33H56N2O3S2/c1-22(2)7-6-8-23(3)27-11-12-28-26-10-9-24-19-25(13-15-32(24,4)29(26)14-16-33(27,28)5)38-31(37)21-40-39-20-30(36)35-18-17-34/h9,22-23,25-29H,6-8,10-21,34H2,1-5H3,(H,35,36)/t23-,25+,26+,27-,28+,29+,32+,33-/m1/s1. The zero-order chi connectivity index (χ0) is 28.9. The van der Waals surface area contributed by atoms with Gasteiger partial charge < -0.3 is 15.8 Å². The van der Waals surface area contributed by atoms with Crippen molar-refractivity contribution in [3.63, 3.8) is 0 Å². The topological polar surface area (TPSA) is 81.4 Å². The lowest BCUT2D eigenvalue weighted by atomic mass is 9.47. The van der Waals surface area contributed by atoms with Gasteiger partial charge in [0.1, 0.15) is 11.9 Å². The van der Waals surface area contributed by atoms with Crippen LogP contribution in [0.1, 0.15) is 105 Å². The Balaban J connectivity index is 1.29. The second-order valence-electron chi connectivity index (χ2n) is 14.3. The van der Waals surface area contributed by atoms with Crippen molar-refractivity contribution in [3.05, 3.63) is 11.6 Å². The Hall–Kier alpha value is -0.660. The lowest BCUT2D eigenvalue weighted by molar-refractivity contribution is -0.148. The van der Waals surface area contributed by atoms with E-state index in [1.54, 1.807) is 5.57 Å². The molecule has 0 aliphatic heterocycles. The van der Waals surface area contributed by atoms with Crippen LogP contribution in [0.15, 0.2) is 11.6 Å². The summed E-state index contributed by atoms with van der Waals surface area (Å²) in [6.07, 6.45) is 16.6. The number of hydrogen-bond donors (Lipinski definition) is 2. The quantitative estimate of drug-likeness (QED) is 0.100. The molecule has 0 bridgehead atoms. The van der Waals surface area contributed by atoms with Gasteiger partial charge in [-0.25, -0.2) is 0 Å². The number of rotatable bonds is 13. The van der Waals surface area contributed by atoms with Crippen molar-refractivity contribution >= 4 is 33.5 Å². The molecule has 0 saturated heterocycles. The van der Waals surface area contributed by atoms with Crippen LogP contribution in [0.3, 0.4) is 0 Å². The zero-order valence-electron chi connectivity index (χ0n) is 25.8. The van der Waals surface area contributed by atoms with E-state index in [1.165, 1.54) is 73.0 Å². The van der Waals surface area contributed by atoms with Crippen LogP contribution < -0.4 is 11.1 Å². The molecule has 4 aliphatic rings. The number of fused-ring (bicyclic) bond motifs is 5. The Morgan fingerprint density at radius 3 is 2.58 bits per heavy atom. The minimum atomic E-state index is -0.157. The number of hydrogen-bond acceptors (Lipinski definition) is 6. The molecule has 0 heterocycles. The summed E-state index contributed by atoms with van der Waals surface area (Å²) in [5, 5.41) is 2.75. The van der Waals surface area contributed by atoms with E-state index in [0.29, 0.717) is 24.3 Å². The molecule has 0 radical (unpaired) electrons. The molecule has 3 fully saturated rings. The molecule has 4 rings (SSSR count). The largest absolute Gasteiger partial charge is 0.461 e. The summed E-state index contributed by atoms with van der Waals surface area (Å²) in [7, 11) is 2.80. The number of carbonyl (C=O) groups is 2. The second-order valence-corrected chi connectivity index (χ2v) is 16.8. The average Bonchev–Trinajstić information content (AvgIpc) is 3.27. The Bertz CT molecular complexity index is 910. The van der Waals surface area contributed by atoms with Gasteiger partial charge in [0.05, 0.1) is 5.75 Å². The number of carbonyl (C=O) groups excluding carboxylic acids is 2. The Morgan fingerprint density at radius 2 is 1.82 bits per heavy atom. The zero-order valence-corrected chi connectivity index (χ0v) is 27.5. The van der Waals surface area contributed by atoms with E-state index in [-0.39, 0.29) is 29.1 Å². The van der Waals surface area contributed by atoms with Gasteiger partial charge in [0.2, 0.25) is 5.91 Å². The number of esters is 1. The van der Waals surface area contributed by atoms with Crippen molar-refractivity contribution in [2.45, 2.75) is 111 Å². The van der Waals surface area contributed by atoms with Gasteiger partial charge in [-0.1, -0.05) is 87.1 Å². The van der Waals surface area contributed by atoms with Crippen molar-refractivity contribution in [3.8, 4) is 0 Å². The van der Waals surface area contributed by atoms with Crippen LogP contribution >= 0.6 is 21.6 Å². The maximum atomic E-state index is 12.5. The molecule has 8 atom stereocenters. The van der Waals surface area contributed by atoms with Crippen LogP contribution in [0.4, 0.5) is 0 Å². The van der Waals surface area contributed by atoms with Crippen molar-refractivity contribution in [2.75, 3.05) is 24.6 Å². The van der Waals surface area contributed by atoms with Crippen molar-refractivity contribution in [2.24, 2.45) is 52.1 Å². The first kappa shape index (κ1) is 32.3. The number of allylic oxidation sites excluding steroid dienone is 1. The smallest absolute Gasteiger partial charge is 0.317 e. The molecular weight excluding hydrogens is 537 g/mol. The van der Waals surface area contributed by atoms with E-state index in [1.807, 2.05) is 0 Å². The fourth-order valence-electron chi connectivity index (χ4n) is 9.42. The summed E-state index contributed by atoms with van der Waals surface area (Å²) >= 11 is 0. The van der Waals surface area contributed by atoms with E-state index in [2.05, 4.69) is 46.0 Å². The molecule has 7 heteroatoms. The van der Waals surface area contributed by atoms with E-state index in [9.17, 15) is 9.59 Å². The van der Waals surface area contributed by atoms with E-state index in [4.69, 9.17) is 10.5 Å². The minimum Gasteiger partial charge on any atom is -0.461 e. The van der Waals surface area contributed by atoms with Crippen LogP contribution in [0.5, 0.6) is 0 Å².